The minimum atomic E-state index is -4.67. The molecule has 0 amide bonds. The van der Waals surface area contributed by atoms with Crippen molar-refractivity contribution in [3.63, 3.8) is 0 Å². The predicted molar refractivity (Wildman–Crippen MR) is 19.9 cm³/mol. The SMILES string of the molecule is O=S(=O)(O)O.[Te]. The Kier molecular flexibility index (Phi) is 4.54. The van der Waals surface area contributed by atoms with Crippen molar-refractivity contribution >= 4 is 34.1 Å². The molecule has 38 valence electrons. The monoisotopic (exact) mass is 228 g/mol. The van der Waals surface area contributed by atoms with Crippen LogP contribution >= 0.6 is 0 Å². The van der Waals surface area contributed by atoms with Gasteiger partial charge in [-0.3, -0.25) is 9.11 Å². The van der Waals surface area contributed by atoms with Crippen molar-refractivity contribution in [3.05, 3.63) is 0 Å². The normalized spacial score (nSPS) is 9.67. The van der Waals surface area contributed by atoms with Gasteiger partial charge in [-0.2, -0.15) is 8.42 Å². The Bertz CT molecular complexity index is 90.7. The van der Waals surface area contributed by atoms with Gasteiger partial charge in [-0.15, -0.1) is 0 Å². The number of rotatable bonds is 0. The first-order chi connectivity index (χ1) is 2.00. The van der Waals surface area contributed by atoms with E-state index in [4.69, 9.17) is 17.5 Å². The minimum absolute atomic E-state index is 0. The third-order valence-corrected chi connectivity index (χ3v) is 0. The summed E-state index contributed by atoms with van der Waals surface area (Å²) < 4.78 is 31.6. The van der Waals surface area contributed by atoms with Gasteiger partial charge in [0, 0.05) is 23.7 Å². The van der Waals surface area contributed by atoms with Crippen molar-refractivity contribution in [1.82, 2.24) is 0 Å². The zero-order valence-corrected chi connectivity index (χ0v) is 5.67. The molecule has 2 radical (unpaired) electrons. The summed E-state index contributed by atoms with van der Waals surface area (Å²) in [5.74, 6) is 0. The molecule has 0 unspecified atom stereocenters. The van der Waals surface area contributed by atoms with E-state index < -0.39 is 10.4 Å². The topological polar surface area (TPSA) is 74.6 Å². The molecule has 0 aliphatic heterocycles. The van der Waals surface area contributed by atoms with Crippen molar-refractivity contribution in [1.29, 1.82) is 0 Å². The summed E-state index contributed by atoms with van der Waals surface area (Å²) in [6, 6.07) is 0. The van der Waals surface area contributed by atoms with Crippen LogP contribution in [0.2, 0.25) is 0 Å². The molecule has 0 saturated carbocycles. The van der Waals surface area contributed by atoms with Crippen molar-refractivity contribution in [2.45, 2.75) is 0 Å². The van der Waals surface area contributed by atoms with Crippen molar-refractivity contribution in [2.24, 2.45) is 0 Å². The van der Waals surface area contributed by atoms with E-state index in [0.29, 0.717) is 0 Å². The summed E-state index contributed by atoms with van der Waals surface area (Å²) in [6.45, 7) is 0. The van der Waals surface area contributed by atoms with E-state index in [2.05, 4.69) is 0 Å². The van der Waals surface area contributed by atoms with Crippen LogP contribution in [0.5, 0.6) is 0 Å². The first-order valence-electron chi connectivity index (χ1n) is 0.698. The molecule has 0 atom stereocenters. The zero-order chi connectivity index (χ0) is 4.50. The smallest absolute Gasteiger partial charge is 0.264 e. The maximum atomic E-state index is 8.74. The molecule has 0 spiro atoms. The maximum Gasteiger partial charge on any atom is 0.394 e. The molecule has 0 heterocycles. The number of hydrogen-bond acceptors (Lipinski definition) is 2. The Hall–Kier alpha value is 0.660. The summed E-state index contributed by atoms with van der Waals surface area (Å²) in [5, 5.41) is 0. The first kappa shape index (κ1) is 9.82. The molecule has 0 aromatic heterocycles. The fourth-order valence-corrected chi connectivity index (χ4v) is 0. The van der Waals surface area contributed by atoms with Gasteiger partial charge in [-0.05, 0) is 0 Å². The second kappa shape index (κ2) is 2.77. The first-order valence-corrected chi connectivity index (χ1v) is 2.10. The zero-order valence-electron chi connectivity index (χ0n) is 2.53. The minimum Gasteiger partial charge on any atom is -0.264 e. The summed E-state index contributed by atoms with van der Waals surface area (Å²) in [4.78, 5) is 0. The Morgan fingerprint density at radius 2 is 1.17 bits per heavy atom. The summed E-state index contributed by atoms with van der Waals surface area (Å²) >= 11 is 0. The molecular weight excluding hydrogens is 224 g/mol. The molecule has 0 fully saturated rings. The average Bonchev–Trinajstić information content (AvgIpc) is 0.722. The molecule has 0 aromatic rings. The fraction of sp³-hybridized carbons (Fsp3) is 0. The Morgan fingerprint density at radius 3 is 1.17 bits per heavy atom. The molecular formula is H2O4STe. The standard InChI is InChI=1S/H2O4S.Te/c1-5(2,3)4;/h(H2,1,2,3,4);. The Labute approximate surface area is 51.9 Å². The summed E-state index contributed by atoms with van der Waals surface area (Å²) in [5.41, 5.74) is 0. The van der Waals surface area contributed by atoms with Crippen molar-refractivity contribution in [3.8, 4) is 0 Å². The van der Waals surface area contributed by atoms with Gasteiger partial charge in [0.05, 0.1) is 0 Å². The van der Waals surface area contributed by atoms with E-state index in [9.17, 15) is 0 Å². The van der Waals surface area contributed by atoms with Gasteiger partial charge in [0.2, 0.25) is 0 Å². The van der Waals surface area contributed by atoms with Crippen molar-refractivity contribution < 1.29 is 17.5 Å². The van der Waals surface area contributed by atoms with Crippen LogP contribution in [-0.2, 0) is 10.4 Å². The van der Waals surface area contributed by atoms with Gasteiger partial charge in [0.15, 0.2) is 0 Å². The molecule has 0 aliphatic carbocycles. The van der Waals surface area contributed by atoms with Crippen LogP contribution in [-0.4, -0.2) is 41.2 Å². The third kappa shape index (κ3) is 143. The van der Waals surface area contributed by atoms with E-state index in [1.54, 1.807) is 0 Å². The van der Waals surface area contributed by atoms with Gasteiger partial charge in [-0.25, -0.2) is 0 Å². The molecule has 2 N–H and O–H groups in total. The van der Waals surface area contributed by atoms with Crippen LogP contribution in [0.4, 0.5) is 0 Å². The van der Waals surface area contributed by atoms with E-state index in [0.717, 1.165) is 0 Å². The maximum absolute atomic E-state index is 8.74. The van der Waals surface area contributed by atoms with E-state index in [1.807, 2.05) is 0 Å². The molecule has 0 aromatic carbocycles. The second-order valence-corrected chi connectivity index (χ2v) is 1.34. The quantitative estimate of drug-likeness (QED) is 0.408. The molecule has 0 bridgehead atoms. The van der Waals surface area contributed by atoms with Crippen LogP contribution in [0, 0.1) is 0 Å². The molecule has 6 heavy (non-hydrogen) atoms. The summed E-state index contributed by atoms with van der Waals surface area (Å²) in [7, 11) is -4.67. The predicted octanol–water partition coefficient (Wildman–Crippen LogP) is -1.03. The molecule has 0 saturated heterocycles. The summed E-state index contributed by atoms with van der Waals surface area (Å²) in [6.07, 6.45) is 0. The van der Waals surface area contributed by atoms with Crippen LogP contribution < -0.4 is 0 Å². The van der Waals surface area contributed by atoms with E-state index >= 15 is 0 Å². The van der Waals surface area contributed by atoms with Gasteiger partial charge >= 0.3 is 10.4 Å². The molecule has 6 heteroatoms. The van der Waals surface area contributed by atoms with Gasteiger partial charge in [0.1, 0.15) is 0 Å². The van der Waals surface area contributed by atoms with Crippen molar-refractivity contribution in [2.75, 3.05) is 0 Å². The Morgan fingerprint density at radius 1 is 1.17 bits per heavy atom. The van der Waals surface area contributed by atoms with Crippen LogP contribution in [0.1, 0.15) is 0 Å². The van der Waals surface area contributed by atoms with Crippen LogP contribution in [0.25, 0.3) is 0 Å². The Balaban J connectivity index is 0. The van der Waals surface area contributed by atoms with Gasteiger partial charge in [0.25, 0.3) is 0 Å². The fourth-order valence-electron chi connectivity index (χ4n) is 0. The molecule has 0 aliphatic rings. The van der Waals surface area contributed by atoms with Gasteiger partial charge < -0.3 is 0 Å². The van der Waals surface area contributed by atoms with Crippen LogP contribution in [0.15, 0.2) is 0 Å². The average molecular weight is 226 g/mol. The second-order valence-electron chi connectivity index (χ2n) is 0.448. The van der Waals surface area contributed by atoms with Crippen LogP contribution in [0.3, 0.4) is 0 Å². The molecule has 0 rings (SSSR count). The number of hydrogen-bond donors (Lipinski definition) is 2. The largest absolute Gasteiger partial charge is 0.394 e. The van der Waals surface area contributed by atoms with E-state index in [1.165, 1.54) is 0 Å². The van der Waals surface area contributed by atoms with E-state index in [-0.39, 0.29) is 23.7 Å². The third-order valence-electron chi connectivity index (χ3n) is 0. The van der Waals surface area contributed by atoms with Gasteiger partial charge in [-0.1, -0.05) is 0 Å². The molecule has 4 nitrogen and oxygen atoms in total.